The van der Waals surface area contributed by atoms with E-state index in [2.05, 4.69) is 31.1 Å². The van der Waals surface area contributed by atoms with Crippen LogP contribution in [0.1, 0.15) is 51.9 Å². The molecule has 0 aliphatic carbocycles. The molecule has 2 aromatic carbocycles. The summed E-state index contributed by atoms with van der Waals surface area (Å²) < 4.78 is 6.14. The summed E-state index contributed by atoms with van der Waals surface area (Å²) in [6.45, 7) is 7.28. The maximum atomic E-state index is 11.8. The van der Waals surface area contributed by atoms with Crippen LogP contribution in [0.5, 0.6) is 5.75 Å². The number of ether oxygens (including phenoxy) is 1. The Kier molecular flexibility index (Phi) is 6.74. The highest BCUT2D eigenvalue weighted by atomic mass is 16.5. The number of nitrogens with one attached hydrogen (secondary N) is 1. The van der Waals surface area contributed by atoms with Crippen LogP contribution in [0.3, 0.4) is 0 Å². The highest BCUT2D eigenvalue weighted by Crippen LogP contribution is 2.35. The molecule has 1 heterocycles. The van der Waals surface area contributed by atoms with Crippen molar-refractivity contribution in [2.24, 2.45) is 0 Å². The molecule has 144 valence electrons. The van der Waals surface area contributed by atoms with Gasteiger partial charge in [-0.25, -0.2) is 0 Å². The van der Waals surface area contributed by atoms with Crippen molar-refractivity contribution >= 4 is 22.4 Å². The van der Waals surface area contributed by atoms with Crippen LogP contribution in [-0.4, -0.2) is 19.1 Å². The maximum Gasteiger partial charge on any atom is 0.267 e. The summed E-state index contributed by atoms with van der Waals surface area (Å²) >= 11 is 0. The first-order chi connectivity index (χ1) is 13.2. The molecule has 0 saturated carbocycles. The van der Waals surface area contributed by atoms with Gasteiger partial charge in [0.1, 0.15) is 5.75 Å². The lowest BCUT2D eigenvalue weighted by Crippen LogP contribution is -2.33. The molecule has 1 N–H and O–H groups in total. The summed E-state index contributed by atoms with van der Waals surface area (Å²) in [6.07, 6.45) is 8.87. The molecule has 3 rings (SSSR count). The number of hydrogen-bond acceptors (Lipinski definition) is 3. The number of benzene rings is 2. The second kappa shape index (κ2) is 9.45. The van der Waals surface area contributed by atoms with Gasteiger partial charge in [0.25, 0.3) is 5.91 Å². The fraction of sp³-hybridized carbons (Fsp3) is 0.435. The van der Waals surface area contributed by atoms with E-state index in [0.717, 1.165) is 35.2 Å². The van der Waals surface area contributed by atoms with E-state index in [1.165, 1.54) is 38.5 Å². The number of rotatable bonds is 10. The Morgan fingerprint density at radius 1 is 1.04 bits per heavy atom. The van der Waals surface area contributed by atoms with Crippen LogP contribution in [0.15, 0.2) is 48.6 Å². The van der Waals surface area contributed by atoms with Gasteiger partial charge in [-0.15, -0.1) is 0 Å². The van der Waals surface area contributed by atoms with E-state index in [-0.39, 0.29) is 5.91 Å². The Hall–Kier alpha value is -2.49. The smallest absolute Gasteiger partial charge is 0.267 e. The fourth-order valence-electron chi connectivity index (χ4n) is 3.52. The summed E-state index contributed by atoms with van der Waals surface area (Å²) in [4.78, 5) is 11.8. The number of hydrazine groups is 1. The van der Waals surface area contributed by atoms with Gasteiger partial charge >= 0.3 is 0 Å². The predicted octanol–water partition coefficient (Wildman–Crippen LogP) is 5.38. The molecule has 1 aliphatic heterocycles. The quantitative estimate of drug-likeness (QED) is 0.453. The summed E-state index contributed by atoms with van der Waals surface area (Å²) in [7, 11) is 0. The Bertz CT molecular complexity index is 779. The number of fused-ring (bicyclic) bond motifs is 1. The van der Waals surface area contributed by atoms with E-state index in [1.807, 2.05) is 29.3 Å². The maximum absolute atomic E-state index is 11.8. The minimum Gasteiger partial charge on any atom is -0.493 e. The Balaban J connectivity index is 1.65. The van der Waals surface area contributed by atoms with Crippen LogP contribution >= 0.6 is 0 Å². The average molecular weight is 367 g/mol. The van der Waals surface area contributed by atoms with Gasteiger partial charge in [-0.05, 0) is 23.9 Å². The van der Waals surface area contributed by atoms with Gasteiger partial charge in [-0.1, -0.05) is 76.3 Å². The Morgan fingerprint density at radius 2 is 1.74 bits per heavy atom. The number of nitrogens with zero attached hydrogens (tertiary/aromatic N) is 1. The highest BCUT2D eigenvalue weighted by Gasteiger charge is 2.24. The molecule has 0 unspecified atom stereocenters. The van der Waals surface area contributed by atoms with Gasteiger partial charge in [0.2, 0.25) is 0 Å². The molecule has 1 amide bonds. The van der Waals surface area contributed by atoms with E-state index in [4.69, 9.17) is 4.74 Å². The van der Waals surface area contributed by atoms with Crippen molar-refractivity contribution < 1.29 is 9.53 Å². The van der Waals surface area contributed by atoms with Crippen molar-refractivity contribution in [2.45, 2.75) is 51.9 Å². The first kappa shape index (κ1) is 19.3. The molecule has 4 nitrogen and oxygen atoms in total. The third-order valence-corrected chi connectivity index (χ3v) is 5.05. The highest BCUT2D eigenvalue weighted by molar-refractivity contribution is 6.03. The second-order valence-electron chi connectivity index (χ2n) is 7.23. The molecular formula is C23H30N2O2. The van der Waals surface area contributed by atoms with Crippen LogP contribution in [-0.2, 0) is 4.79 Å². The standard InChI is InChI=1S/C23H30N2O2/c1-3-4-5-6-7-8-9-16-27-21-15-11-13-19-12-10-14-20(22(19)21)25-17-18(2)23(26)24-25/h10-15H,2-9,16-17H2,1H3,(H,24,26). The lowest BCUT2D eigenvalue weighted by Gasteiger charge is -2.21. The van der Waals surface area contributed by atoms with Crippen molar-refractivity contribution in [3.8, 4) is 5.75 Å². The molecule has 1 fully saturated rings. The first-order valence-electron chi connectivity index (χ1n) is 10.1. The van der Waals surface area contributed by atoms with Crippen molar-refractivity contribution in [3.05, 3.63) is 48.6 Å². The summed E-state index contributed by atoms with van der Waals surface area (Å²) in [5, 5.41) is 4.00. The van der Waals surface area contributed by atoms with Crippen LogP contribution < -0.4 is 15.2 Å². The first-order valence-corrected chi connectivity index (χ1v) is 10.1. The molecule has 4 heteroatoms. The molecule has 0 atom stereocenters. The number of hydrogen-bond donors (Lipinski definition) is 1. The van der Waals surface area contributed by atoms with E-state index in [9.17, 15) is 4.79 Å². The van der Waals surface area contributed by atoms with Crippen molar-refractivity contribution in [3.63, 3.8) is 0 Å². The molecular weight excluding hydrogens is 336 g/mol. The predicted molar refractivity (Wildman–Crippen MR) is 112 cm³/mol. The molecule has 1 aliphatic rings. The molecule has 1 saturated heterocycles. The van der Waals surface area contributed by atoms with E-state index in [0.29, 0.717) is 12.1 Å². The van der Waals surface area contributed by atoms with Gasteiger partial charge < -0.3 is 4.74 Å². The van der Waals surface area contributed by atoms with Gasteiger partial charge in [0, 0.05) is 11.0 Å². The zero-order chi connectivity index (χ0) is 19.1. The lowest BCUT2D eigenvalue weighted by molar-refractivity contribution is -0.116. The second-order valence-corrected chi connectivity index (χ2v) is 7.23. The Morgan fingerprint density at radius 3 is 2.44 bits per heavy atom. The van der Waals surface area contributed by atoms with Crippen LogP contribution in [0.2, 0.25) is 0 Å². The zero-order valence-electron chi connectivity index (χ0n) is 16.3. The average Bonchev–Trinajstić information content (AvgIpc) is 3.02. The number of carbonyl (C=O) groups is 1. The largest absolute Gasteiger partial charge is 0.493 e. The minimum atomic E-state index is -0.117. The van der Waals surface area contributed by atoms with Gasteiger partial charge in [-0.2, -0.15) is 0 Å². The Labute approximate surface area is 162 Å². The molecule has 27 heavy (non-hydrogen) atoms. The van der Waals surface area contributed by atoms with E-state index in [1.54, 1.807) is 0 Å². The van der Waals surface area contributed by atoms with Gasteiger partial charge in [0.05, 0.1) is 18.8 Å². The molecule has 2 aromatic rings. The topological polar surface area (TPSA) is 41.6 Å². The SMILES string of the molecule is C=C1CN(c2cccc3cccc(OCCCCCCCCC)c23)NC1=O. The van der Waals surface area contributed by atoms with Crippen molar-refractivity contribution in [1.29, 1.82) is 0 Å². The minimum absolute atomic E-state index is 0.117. The van der Waals surface area contributed by atoms with E-state index < -0.39 is 0 Å². The van der Waals surface area contributed by atoms with Crippen molar-refractivity contribution in [2.75, 3.05) is 18.2 Å². The monoisotopic (exact) mass is 366 g/mol. The summed E-state index contributed by atoms with van der Waals surface area (Å²) in [6, 6.07) is 12.2. The molecule has 0 aromatic heterocycles. The summed E-state index contributed by atoms with van der Waals surface area (Å²) in [5.74, 6) is 0.759. The number of unbranched alkanes of at least 4 members (excludes halogenated alkanes) is 6. The van der Waals surface area contributed by atoms with Crippen LogP contribution in [0.25, 0.3) is 10.8 Å². The van der Waals surface area contributed by atoms with Crippen LogP contribution in [0.4, 0.5) is 5.69 Å². The number of anilines is 1. The molecule has 0 bridgehead atoms. The third-order valence-electron chi connectivity index (χ3n) is 5.05. The van der Waals surface area contributed by atoms with Gasteiger partial charge in [-0.3, -0.25) is 15.2 Å². The molecule has 0 radical (unpaired) electrons. The summed E-state index contributed by atoms with van der Waals surface area (Å²) in [5.41, 5.74) is 4.41. The number of carbonyl (C=O) groups excluding carboxylic acids is 1. The normalized spacial score (nSPS) is 14.0. The zero-order valence-corrected chi connectivity index (χ0v) is 16.3. The molecule has 0 spiro atoms. The van der Waals surface area contributed by atoms with Crippen LogP contribution in [0, 0.1) is 0 Å². The van der Waals surface area contributed by atoms with E-state index >= 15 is 0 Å². The van der Waals surface area contributed by atoms with Crippen molar-refractivity contribution in [1.82, 2.24) is 5.43 Å². The number of amides is 1. The lowest BCUT2D eigenvalue weighted by atomic mass is 10.1. The third kappa shape index (κ3) is 4.82. The fourth-order valence-corrected chi connectivity index (χ4v) is 3.52. The van der Waals surface area contributed by atoms with Gasteiger partial charge in [0.15, 0.2) is 0 Å².